The van der Waals surface area contributed by atoms with Gasteiger partial charge in [-0.05, 0) is 48.2 Å². The molecule has 0 bridgehead atoms. The van der Waals surface area contributed by atoms with E-state index in [4.69, 9.17) is 0 Å². The molecule has 1 atom stereocenters. The fourth-order valence-corrected chi connectivity index (χ4v) is 1.27. The lowest BCUT2D eigenvalue weighted by Gasteiger charge is -2.06. The zero-order valence-electron chi connectivity index (χ0n) is 10.5. The van der Waals surface area contributed by atoms with Crippen molar-refractivity contribution < 1.29 is 8.76 Å². The van der Waals surface area contributed by atoms with E-state index < -0.39 is 11.1 Å². The van der Waals surface area contributed by atoms with E-state index in [1.54, 1.807) is 18.2 Å². The molecule has 1 unspecified atom stereocenters. The van der Waals surface area contributed by atoms with E-state index in [0.29, 0.717) is 4.90 Å². The molecule has 1 aromatic carbocycles. The van der Waals surface area contributed by atoms with Crippen LogP contribution >= 0.6 is 0 Å². The summed E-state index contributed by atoms with van der Waals surface area (Å²) in [6.45, 7) is 11.8. The largest absolute Gasteiger partial charge is 0.768 e. The zero-order chi connectivity index (χ0) is 12.4. The fraction of sp³-hybridized carbons (Fsp3) is 0.500. The van der Waals surface area contributed by atoms with Gasteiger partial charge in [-0.15, -0.1) is 0 Å². The molecule has 3 heteroatoms. The van der Waals surface area contributed by atoms with Gasteiger partial charge in [0.05, 0.1) is 0 Å². The highest BCUT2D eigenvalue weighted by Crippen LogP contribution is 2.11. The summed E-state index contributed by atoms with van der Waals surface area (Å²) in [5.74, 6) is 0. The van der Waals surface area contributed by atoms with Crippen LogP contribution in [0.25, 0.3) is 0 Å². The van der Waals surface area contributed by atoms with E-state index >= 15 is 0 Å². The molecule has 15 heavy (non-hydrogen) atoms. The molecule has 0 saturated carbocycles. The van der Waals surface area contributed by atoms with Gasteiger partial charge < -0.3 is 4.55 Å². The monoisotopic (exact) mass is 229 g/mol. The predicted octanol–water partition coefficient (Wildman–Crippen LogP) is 3.59. The molecule has 0 radical (unpaired) electrons. The Hall–Kier alpha value is -0.670. The summed E-state index contributed by atoms with van der Waals surface area (Å²) in [4.78, 5) is 0.355. The van der Waals surface area contributed by atoms with Crippen molar-refractivity contribution in [2.75, 3.05) is 0 Å². The Kier molecular flexibility index (Phi) is 11.0. The van der Waals surface area contributed by atoms with Gasteiger partial charge in [0.1, 0.15) is 0 Å². The van der Waals surface area contributed by atoms with Gasteiger partial charge in [0, 0.05) is 4.90 Å². The average Bonchev–Trinajstić information content (AvgIpc) is 2.27. The van der Waals surface area contributed by atoms with Gasteiger partial charge in [-0.1, -0.05) is 33.8 Å². The quantitative estimate of drug-likeness (QED) is 0.690. The van der Waals surface area contributed by atoms with Crippen molar-refractivity contribution in [3.05, 3.63) is 29.3 Å². The van der Waals surface area contributed by atoms with Gasteiger partial charge in [0.2, 0.25) is 0 Å². The van der Waals surface area contributed by atoms with Crippen LogP contribution in [0.5, 0.6) is 0 Å². The topological polar surface area (TPSA) is 40.1 Å². The summed E-state index contributed by atoms with van der Waals surface area (Å²) in [6, 6.07) is 5.07. The van der Waals surface area contributed by atoms with Crippen LogP contribution in [0, 0.1) is 13.8 Å². The number of rotatable bonds is 1. The van der Waals surface area contributed by atoms with E-state index in [1.165, 1.54) is 0 Å². The first-order chi connectivity index (χ1) is 7.11. The fourth-order valence-electron chi connectivity index (χ4n) is 0.818. The van der Waals surface area contributed by atoms with Gasteiger partial charge in [0.25, 0.3) is 0 Å². The lowest BCUT2D eigenvalue weighted by atomic mass is 10.1. The van der Waals surface area contributed by atoms with Crippen LogP contribution in [-0.2, 0) is 11.1 Å². The molecule has 0 aliphatic carbocycles. The Bertz CT molecular complexity index is 296. The Morgan fingerprint density at radius 2 is 1.47 bits per heavy atom. The van der Waals surface area contributed by atoms with Gasteiger partial charge in [-0.2, -0.15) is 0 Å². The number of benzene rings is 1. The molecule has 1 rings (SSSR count). The first-order valence-electron chi connectivity index (χ1n) is 5.28. The third-order valence-electron chi connectivity index (χ3n) is 1.67. The molecule has 0 amide bonds. The normalized spacial score (nSPS) is 10.3. The molecular weight excluding hydrogens is 208 g/mol. The van der Waals surface area contributed by atoms with E-state index in [9.17, 15) is 8.76 Å². The molecule has 0 aromatic heterocycles. The second-order valence-corrected chi connectivity index (χ2v) is 3.42. The van der Waals surface area contributed by atoms with Crippen LogP contribution in [-0.4, -0.2) is 8.76 Å². The maximum absolute atomic E-state index is 10.5. The number of hydrogen-bond donors (Lipinski definition) is 0. The number of aryl methyl sites for hydroxylation is 2. The lowest BCUT2D eigenvalue weighted by molar-refractivity contribution is 0.537. The summed E-state index contributed by atoms with van der Waals surface area (Å²) >= 11 is -2.10. The second kappa shape index (κ2) is 9.87. The molecule has 0 spiro atoms. The Balaban J connectivity index is 0. The number of hydrogen-bond acceptors (Lipinski definition) is 2. The zero-order valence-corrected chi connectivity index (χ0v) is 11.3. The predicted molar refractivity (Wildman–Crippen MR) is 65.8 cm³/mol. The van der Waals surface area contributed by atoms with Crippen molar-refractivity contribution in [2.24, 2.45) is 0 Å². The molecule has 2 nitrogen and oxygen atoms in total. The van der Waals surface area contributed by atoms with E-state index in [1.807, 2.05) is 41.5 Å². The maximum atomic E-state index is 10.5. The van der Waals surface area contributed by atoms with Gasteiger partial charge in [-0.25, -0.2) is 0 Å². The van der Waals surface area contributed by atoms with Crippen molar-refractivity contribution >= 4 is 11.1 Å². The molecule has 0 fully saturated rings. The van der Waals surface area contributed by atoms with Crippen molar-refractivity contribution in [3.63, 3.8) is 0 Å². The van der Waals surface area contributed by atoms with Gasteiger partial charge in [-0.3, -0.25) is 4.21 Å². The molecule has 0 N–H and O–H groups in total. The highest BCUT2D eigenvalue weighted by atomic mass is 32.2. The minimum Gasteiger partial charge on any atom is -0.768 e. The van der Waals surface area contributed by atoms with E-state index in [0.717, 1.165) is 11.1 Å². The summed E-state index contributed by atoms with van der Waals surface area (Å²) in [6.07, 6.45) is 0. The van der Waals surface area contributed by atoms with Crippen molar-refractivity contribution in [1.82, 2.24) is 0 Å². The smallest absolute Gasteiger partial charge is 0.0251 e. The maximum Gasteiger partial charge on any atom is 0.0251 e. The standard InChI is InChI=1S/C8H10O2S.2C2H6/c1-6-3-4-8(11(9)10)5-7(6)2;2*1-2/h3-5H,1-2H3,(H,9,10);2*1-2H3/p-1. The lowest BCUT2D eigenvalue weighted by Crippen LogP contribution is -1.90. The summed E-state index contributed by atoms with van der Waals surface area (Å²) in [5, 5.41) is 0. The highest BCUT2D eigenvalue weighted by molar-refractivity contribution is 7.79. The first-order valence-corrected chi connectivity index (χ1v) is 6.35. The molecular formula is C12H21O2S-. The minimum atomic E-state index is -2.10. The Morgan fingerprint density at radius 3 is 1.80 bits per heavy atom. The van der Waals surface area contributed by atoms with Crippen molar-refractivity contribution in [1.29, 1.82) is 0 Å². The minimum absolute atomic E-state index is 0.355. The third-order valence-corrected chi connectivity index (χ3v) is 2.31. The first kappa shape index (κ1) is 16.7. The molecule has 88 valence electrons. The molecule has 0 aliphatic rings. The van der Waals surface area contributed by atoms with Crippen LogP contribution in [0.3, 0.4) is 0 Å². The summed E-state index contributed by atoms with van der Waals surface area (Å²) in [7, 11) is 0. The van der Waals surface area contributed by atoms with Gasteiger partial charge >= 0.3 is 0 Å². The van der Waals surface area contributed by atoms with E-state index in [2.05, 4.69) is 0 Å². The summed E-state index contributed by atoms with van der Waals surface area (Å²) in [5.41, 5.74) is 2.12. The van der Waals surface area contributed by atoms with Gasteiger partial charge in [0.15, 0.2) is 0 Å². The third kappa shape index (κ3) is 6.42. The molecule has 0 aliphatic heterocycles. The van der Waals surface area contributed by atoms with Crippen LogP contribution in [0.2, 0.25) is 0 Å². The molecule has 1 aromatic rings. The summed E-state index contributed by atoms with van der Waals surface area (Å²) < 4.78 is 20.9. The highest BCUT2D eigenvalue weighted by Gasteiger charge is 1.94. The Morgan fingerprint density at radius 1 is 1.00 bits per heavy atom. The molecule has 0 heterocycles. The van der Waals surface area contributed by atoms with Crippen LogP contribution in [0.15, 0.2) is 23.1 Å². The SMILES string of the molecule is CC.CC.Cc1ccc(S(=O)[O-])cc1C. The second-order valence-electron chi connectivity index (χ2n) is 2.48. The van der Waals surface area contributed by atoms with Crippen LogP contribution < -0.4 is 0 Å². The van der Waals surface area contributed by atoms with Crippen LogP contribution in [0.4, 0.5) is 0 Å². The molecule has 0 saturated heterocycles. The average molecular weight is 229 g/mol. The van der Waals surface area contributed by atoms with E-state index in [-0.39, 0.29) is 0 Å². The van der Waals surface area contributed by atoms with Crippen molar-refractivity contribution in [3.8, 4) is 0 Å². The van der Waals surface area contributed by atoms with Crippen LogP contribution in [0.1, 0.15) is 38.8 Å². The Labute approximate surface area is 96.0 Å². The van der Waals surface area contributed by atoms with Crippen molar-refractivity contribution in [2.45, 2.75) is 46.4 Å².